The van der Waals surface area contributed by atoms with Crippen molar-refractivity contribution in [2.75, 3.05) is 32.5 Å². The zero-order valence-electron chi connectivity index (χ0n) is 9.90. The molecule has 0 spiro atoms. The second kappa shape index (κ2) is 6.33. The molecule has 6 nitrogen and oxygen atoms in total. The van der Waals surface area contributed by atoms with Gasteiger partial charge in [-0.25, -0.2) is 9.78 Å². The second-order valence-corrected chi connectivity index (χ2v) is 3.60. The van der Waals surface area contributed by atoms with E-state index >= 15 is 0 Å². The van der Waals surface area contributed by atoms with Crippen molar-refractivity contribution in [3.05, 3.63) is 24.0 Å². The van der Waals surface area contributed by atoms with E-state index < -0.39 is 0 Å². The molecule has 0 saturated carbocycles. The molecule has 1 heterocycles. The van der Waals surface area contributed by atoms with Crippen molar-refractivity contribution < 1.29 is 4.79 Å². The van der Waals surface area contributed by atoms with Crippen molar-refractivity contribution >= 4 is 11.7 Å². The fraction of sp³-hybridized carbons (Fsp3) is 0.364. The van der Waals surface area contributed by atoms with Gasteiger partial charge in [0.15, 0.2) is 0 Å². The van der Waals surface area contributed by atoms with Gasteiger partial charge in [0.25, 0.3) is 0 Å². The molecular formula is C11H15N5O. The van der Waals surface area contributed by atoms with Gasteiger partial charge in [0.1, 0.15) is 11.8 Å². The molecule has 1 aromatic rings. The number of rotatable bonds is 4. The second-order valence-electron chi connectivity index (χ2n) is 3.60. The van der Waals surface area contributed by atoms with Crippen LogP contribution in [0.25, 0.3) is 0 Å². The molecule has 6 heteroatoms. The van der Waals surface area contributed by atoms with Crippen LogP contribution in [0.4, 0.5) is 10.5 Å². The maximum Gasteiger partial charge on any atom is 0.316 e. The van der Waals surface area contributed by atoms with Gasteiger partial charge in [-0.2, -0.15) is 5.26 Å². The molecule has 1 aromatic heterocycles. The molecule has 0 radical (unpaired) electrons. The summed E-state index contributed by atoms with van der Waals surface area (Å²) >= 11 is 0. The molecule has 2 N–H and O–H groups in total. The average molecular weight is 233 g/mol. The molecule has 90 valence electrons. The third-order valence-corrected chi connectivity index (χ3v) is 2.01. The highest BCUT2D eigenvalue weighted by molar-refractivity contribution is 5.73. The summed E-state index contributed by atoms with van der Waals surface area (Å²) in [5.41, 5.74) is 1.21. The number of urea groups is 1. The van der Waals surface area contributed by atoms with Crippen molar-refractivity contribution in [2.24, 2.45) is 0 Å². The van der Waals surface area contributed by atoms with Gasteiger partial charge >= 0.3 is 6.03 Å². The molecular weight excluding hydrogens is 218 g/mol. The molecule has 0 saturated heterocycles. The fourth-order valence-corrected chi connectivity index (χ4v) is 1.10. The SMILES string of the molecule is CN(C)C(=O)NCCNc1ccc(C#N)nc1. The van der Waals surface area contributed by atoms with Crippen LogP contribution in [0.15, 0.2) is 18.3 Å². The van der Waals surface area contributed by atoms with Crippen molar-refractivity contribution in [3.63, 3.8) is 0 Å². The summed E-state index contributed by atoms with van der Waals surface area (Å²) in [5, 5.41) is 14.4. The number of hydrogen-bond acceptors (Lipinski definition) is 4. The van der Waals surface area contributed by atoms with E-state index in [1.165, 1.54) is 4.90 Å². The Labute approximate surface area is 100 Å². The number of nitrogens with zero attached hydrogens (tertiary/aromatic N) is 3. The number of anilines is 1. The van der Waals surface area contributed by atoms with Gasteiger partial charge in [0.2, 0.25) is 0 Å². The highest BCUT2D eigenvalue weighted by Crippen LogP contribution is 2.04. The maximum atomic E-state index is 11.2. The Morgan fingerprint density at radius 1 is 1.47 bits per heavy atom. The quantitative estimate of drug-likeness (QED) is 0.748. The Kier molecular flexibility index (Phi) is 4.76. The first-order chi connectivity index (χ1) is 8.13. The molecule has 1 rings (SSSR count). The summed E-state index contributed by atoms with van der Waals surface area (Å²) in [5.74, 6) is 0. The molecule has 0 aromatic carbocycles. The van der Waals surface area contributed by atoms with Gasteiger partial charge in [0.05, 0.1) is 11.9 Å². The lowest BCUT2D eigenvalue weighted by Gasteiger charge is -2.12. The Morgan fingerprint density at radius 3 is 2.76 bits per heavy atom. The molecule has 2 amide bonds. The van der Waals surface area contributed by atoms with Gasteiger partial charge < -0.3 is 15.5 Å². The minimum Gasteiger partial charge on any atom is -0.382 e. The molecule has 0 aliphatic heterocycles. The normalized spacial score (nSPS) is 9.24. The number of pyridine rings is 1. The zero-order valence-corrected chi connectivity index (χ0v) is 9.90. The summed E-state index contributed by atoms with van der Waals surface area (Å²) in [4.78, 5) is 16.6. The summed E-state index contributed by atoms with van der Waals surface area (Å²) in [6, 6.07) is 5.24. The number of nitriles is 1. The number of carbonyl (C=O) groups is 1. The first-order valence-electron chi connectivity index (χ1n) is 5.18. The maximum absolute atomic E-state index is 11.2. The predicted octanol–water partition coefficient (Wildman–Crippen LogP) is 0.636. The Hall–Kier alpha value is -2.29. The topological polar surface area (TPSA) is 81.0 Å². The monoisotopic (exact) mass is 233 g/mol. The van der Waals surface area contributed by atoms with Crippen molar-refractivity contribution in [1.82, 2.24) is 15.2 Å². The molecule has 17 heavy (non-hydrogen) atoms. The van der Waals surface area contributed by atoms with Crippen LogP contribution in [-0.4, -0.2) is 43.1 Å². The fourth-order valence-electron chi connectivity index (χ4n) is 1.10. The molecule has 0 bridgehead atoms. The Bertz CT molecular complexity index is 407. The minimum absolute atomic E-state index is 0.121. The summed E-state index contributed by atoms with van der Waals surface area (Å²) in [6.45, 7) is 1.13. The van der Waals surface area contributed by atoms with E-state index in [0.717, 1.165) is 5.69 Å². The van der Waals surface area contributed by atoms with E-state index in [1.54, 1.807) is 32.4 Å². The Morgan fingerprint density at radius 2 is 2.24 bits per heavy atom. The molecule has 0 aliphatic rings. The molecule has 0 unspecified atom stereocenters. The summed E-state index contributed by atoms with van der Waals surface area (Å²) in [6.07, 6.45) is 1.59. The average Bonchev–Trinajstić information content (AvgIpc) is 2.35. The molecule has 0 fully saturated rings. The van der Waals surface area contributed by atoms with Gasteiger partial charge in [-0.15, -0.1) is 0 Å². The summed E-state index contributed by atoms with van der Waals surface area (Å²) < 4.78 is 0. The van der Waals surface area contributed by atoms with Crippen molar-refractivity contribution in [2.45, 2.75) is 0 Å². The van der Waals surface area contributed by atoms with Crippen LogP contribution in [0, 0.1) is 11.3 Å². The lowest BCUT2D eigenvalue weighted by atomic mass is 10.3. The number of hydrogen-bond donors (Lipinski definition) is 2. The van der Waals surface area contributed by atoms with Crippen LogP contribution in [-0.2, 0) is 0 Å². The first kappa shape index (κ1) is 12.8. The van der Waals surface area contributed by atoms with Gasteiger partial charge in [-0.3, -0.25) is 0 Å². The van der Waals surface area contributed by atoms with E-state index in [2.05, 4.69) is 15.6 Å². The minimum atomic E-state index is -0.121. The largest absolute Gasteiger partial charge is 0.382 e. The van der Waals surface area contributed by atoms with Crippen LogP contribution in [0.5, 0.6) is 0 Å². The lowest BCUT2D eigenvalue weighted by molar-refractivity contribution is 0.218. The van der Waals surface area contributed by atoms with Crippen LogP contribution in [0.2, 0.25) is 0 Å². The first-order valence-corrected chi connectivity index (χ1v) is 5.18. The third kappa shape index (κ3) is 4.38. The highest BCUT2D eigenvalue weighted by Gasteiger charge is 2.00. The smallest absolute Gasteiger partial charge is 0.316 e. The van der Waals surface area contributed by atoms with E-state index in [4.69, 9.17) is 5.26 Å². The van der Waals surface area contributed by atoms with E-state index in [9.17, 15) is 4.79 Å². The van der Waals surface area contributed by atoms with Crippen molar-refractivity contribution in [1.29, 1.82) is 5.26 Å². The lowest BCUT2D eigenvalue weighted by Crippen LogP contribution is -2.37. The van der Waals surface area contributed by atoms with Crippen LogP contribution in [0.3, 0.4) is 0 Å². The van der Waals surface area contributed by atoms with E-state index in [0.29, 0.717) is 18.8 Å². The molecule has 0 aliphatic carbocycles. The highest BCUT2D eigenvalue weighted by atomic mass is 16.2. The van der Waals surface area contributed by atoms with E-state index in [1.807, 2.05) is 6.07 Å². The van der Waals surface area contributed by atoms with Crippen LogP contribution >= 0.6 is 0 Å². The predicted molar refractivity (Wildman–Crippen MR) is 64.5 cm³/mol. The Balaban J connectivity index is 2.27. The third-order valence-electron chi connectivity index (χ3n) is 2.01. The zero-order chi connectivity index (χ0) is 12.7. The van der Waals surface area contributed by atoms with Crippen LogP contribution < -0.4 is 10.6 Å². The van der Waals surface area contributed by atoms with Gasteiger partial charge in [0, 0.05) is 27.2 Å². The standard InChI is InChI=1S/C11H15N5O/c1-16(2)11(17)14-6-5-13-10-4-3-9(7-12)15-8-10/h3-4,8,13H,5-6H2,1-2H3,(H,14,17). The summed E-state index contributed by atoms with van der Waals surface area (Å²) in [7, 11) is 3.38. The van der Waals surface area contributed by atoms with Gasteiger partial charge in [-0.05, 0) is 12.1 Å². The molecule has 0 atom stereocenters. The van der Waals surface area contributed by atoms with Crippen molar-refractivity contribution in [3.8, 4) is 6.07 Å². The number of amides is 2. The number of aromatic nitrogens is 1. The number of nitrogens with one attached hydrogen (secondary N) is 2. The number of carbonyl (C=O) groups excluding carboxylic acids is 1. The van der Waals surface area contributed by atoms with E-state index in [-0.39, 0.29) is 6.03 Å². The van der Waals surface area contributed by atoms with Crippen LogP contribution in [0.1, 0.15) is 5.69 Å². The van der Waals surface area contributed by atoms with Gasteiger partial charge in [-0.1, -0.05) is 0 Å².